The lowest BCUT2D eigenvalue weighted by Gasteiger charge is -2.21. The van der Waals surface area contributed by atoms with Gasteiger partial charge in [-0.2, -0.15) is 0 Å². The molecule has 7 heteroatoms. The quantitative estimate of drug-likeness (QED) is 0.122. The highest BCUT2D eigenvalue weighted by atomic mass is 16.5. The third kappa shape index (κ3) is 7.73. The number of pyridine rings is 3. The van der Waals surface area contributed by atoms with Crippen LogP contribution in [0.3, 0.4) is 0 Å². The van der Waals surface area contributed by atoms with E-state index in [1.807, 2.05) is 48.5 Å². The van der Waals surface area contributed by atoms with Crippen molar-refractivity contribution in [3.05, 3.63) is 186 Å². The normalized spacial score (nSPS) is 11.1. The zero-order chi connectivity index (χ0) is 41.0. The number of hydrogen-bond acceptors (Lipinski definition) is 7. The molecule has 7 nitrogen and oxygen atoms in total. The molecular weight excluding hydrogens is 743 g/mol. The highest BCUT2D eigenvalue weighted by Gasteiger charge is 2.20. The molecule has 0 N–H and O–H groups in total. The van der Waals surface area contributed by atoms with E-state index in [2.05, 4.69) is 113 Å². The lowest BCUT2D eigenvalue weighted by atomic mass is 9.83. The first-order valence-corrected chi connectivity index (χ1v) is 19.9. The van der Waals surface area contributed by atoms with Gasteiger partial charge < -0.3 is 18.9 Å². The molecule has 0 radical (unpaired) electrons. The molecule has 3 heterocycles. The summed E-state index contributed by atoms with van der Waals surface area (Å²) in [5.41, 5.74) is 12.2. The number of methoxy groups -OCH3 is 4. The van der Waals surface area contributed by atoms with Gasteiger partial charge >= 0.3 is 0 Å². The Morgan fingerprint density at radius 3 is 1.37 bits per heavy atom. The van der Waals surface area contributed by atoms with Gasteiger partial charge in [0, 0.05) is 24.5 Å². The van der Waals surface area contributed by atoms with Crippen LogP contribution in [0.15, 0.2) is 164 Å². The molecule has 0 aliphatic carbocycles. The second kappa shape index (κ2) is 16.8. The van der Waals surface area contributed by atoms with Crippen molar-refractivity contribution in [2.45, 2.75) is 12.8 Å². The molecule has 0 saturated carbocycles. The summed E-state index contributed by atoms with van der Waals surface area (Å²) in [7, 11) is 6.76. The van der Waals surface area contributed by atoms with Crippen molar-refractivity contribution in [2.24, 2.45) is 0 Å². The first-order valence-electron chi connectivity index (χ1n) is 19.9. The fraction of sp³-hybridized carbons (Fsp3) is 0.113. The van der Waals surface area contributed by atoms with Gasteiger partial charge in [0.15, 0.2) is 0 Å². The van der Waals surface area contributed by atoms with Crippen molar-refractivity contribution in [3.63, 3.8) is 0 Å². The standard InChI is InChI=1S/C53H43N3O4/c1-57-42-25-34(26-43(32-42)58-2)23-39-17-15-36-11-5-6-12-46(36)52(39)53-40(24-35-27-44(59-3)33-45(28-35)60-4)18-16-38-29-37(19-20-47(38)53)41-30-50(48-13-7-9-21-54-48)56-51(31-41)49-14-8-10-22-55-49/h5-22,25-33H,23-24H2,1-4H3. The Labute approximate surface area is 349 Å². The molecular formula is C53H43N3O4. The lowest BCUT2D eigenvalue weighted by molar-refractivity contribution is 0.393. The number of fused-ring (bicyclic) bond motifs is 2. The van der Waals surface area contributed by atoms with Gasteiger partial charge in [-0.3, -0.25) is 9.97 Å². The van der Waals surface area contributed by atoms with E-state index in [4.69, 9.17) is 23.9 Å². The zero-order valence-corrected chi connectivity index (χ0v) is 34.0. The number of nitrogens with zero attached hydrogens (tertiary/aromatic N) is 3. The van der Waals surface area contributed by atoms with Crippen LogP contribution < -0.4 is 18.9 Å². The molecule has 60 heavy (non-hydrogen) atoms. The van der Waals surface area contributed by atoms with Gasteiger partial charge in [-0.05, 0) is 146 Å². The molecule has 0 fully saturated rings. The fourth-order valence-corrected chi connectivity index (χ4v) is 8.12. The SMILES string of the molecule is COc1cc(Cc2ccc3ccccc3c2-c2c(Cc3cc(OC)cc(OC)c3)ccc3cc(-c4cc(-c5ccccn5)nc(-c5ccccn5)c4)ccc23)cc(OC)c1. The van der Waals surface area contributed by atoms with Gasteiger partial charge in [0.1, 0.15) is 23.0 Å². The predicted molar refractivity (Wildman–Crippen MR) is 241 cm³/mol. The molecule has 0 atom stereocenters. The Bertz CT molecular complexity index is 2880. The molecule has 0 amide bonds. The third-order valence-electron chi connectivity index (χ3n) is 11.0. The van der Waals surface area contributed by atoms with Crippen molar-refractivity contribution in [1.29, 1.82) is 0 Å². The first kappa shape index (κ1) is 38.0. The maximum Gasteiger partial charge on any atom is 0.122 e. The summed E-state index contributed by atoms with van der Waals surface area (Å²) in [6.45, 7) is 0. The summed E-state index contributed by atoms with van der Waals surface area (Å²) in [5.74, 6) is 3.01. The lowest BCUT2D eigenvalue weighted by Crippen LogP contribution is -2.01. The van der Waals surface area contributed by atoms with E-state index >= 15 is 0 Å². The Morgan fingerprint density at radius 2 is 0.867 bits per heavy atom. The monoisotopic (exact) mass is 785 g/mol. The number of aromatic nitrogens is 3. The second-order valence-corrected chi connectivity index (χ2v) is 14.7. The van der Waals surface area contributed by atoms with Crippen LogP contribution in [0.5, 0.6) is 23.0 Å². The summed E-state index contributed by atoms with van der Waals surface area (Å²) in [6.07, 6.45) is 4.92. The van der Waals surface area contributed by atoms with Crippen LogP contribution in [0.25, 0.3) is 66.6 Å². The summed E-state index contributed by atoms with van der Waals surface area (Å²) in [5, 5.41) is 4.62. The van der Waals surface area contributed by atoms with E-state index in [0.29, 0.717) is 12.8 Å². The highest BCUT2D eigenvalue weighted by Crippen LogP contribution is 2.43. The van der Waals surface area contributed by atoms with Crippen molar-refractivity contribution in [3.8, 4) is 68.0 Å². The van der Waals surface area contributed by atoms with Crippen LogP contribution in [0.2, 0.25) is 0 Å². The minimum absolute atomic E-state index is 0.654. The maximum atomic E-state index is 5.72. The van der Waals surface area contributed by atoms with E-state index in [1.165, 1.54) is 33.0 Å². The smallest absolute Gasteiger partial charge is 0.122 e. The minimum Gasteiger partial charge on any atom is -0.497 e. The Morgan fingerprint density at radius 1 is 0.383 bits per heavy atom. The van der Waals surface area contributed by atoms with Crippen LogP contribution in [0, 0.1) is 0 Å². The Balaban J connectivity index is 1.27. The van der Waals surface area contributed by atoms with E-state index < -0.39 is 0 Å². The van der Waals surface area contributed by atoms with Gasteiger partial charge in [0.2, 0.25) is 0 Å². The van der Waals surface area contributed by atoms with E-state index in [9.17, 15) is 0 Å². The largest absolute Gasteiger partial charge is 0.497 e. The van der Waals surface area contributed by atoms with Gasteiger partial charge in [0.25, 0.3) is 0 Å². The zero-order valence-electron chi connectivity index (χ0n) is 34.0. The number of ether oxygens (including phenoxy) is 4. The van der Waals surface area contributed by atoms with Crippen LogP contribution in [-0.4, -0.2) is 43.4 Å². The molecule has 0 unspecified atom stereocenters. The van der Waals surface area contributed by atoms with Crippen molar-refractivity contribution < 1.29 is 18.9 Å². The van der Waals surface area contributed by atoms with Crippen LogP contribution in [0.1, 0.15) is 22.3 Å². The van der Waals surface area contributed by atoms with Gasteiger partial charge in [-0.15, -0.1) is 0 Å². The topological polar surface area (TPSA) is 75.6 Å². The maximum absolute atomic E-state index is 5.72. The number of hydrogen-bond donors (Lipinski definition) is 0. The van der Waals surface area contributed by atoms with Gasteiger partial charge in [-0.25, -0.2) is 4.98 Å². The third-order valence-corrected chi connectivity index (χ3v) is 11.0. The van der Waals surface area contributed by atoms with Crippen molar-refractivity contribution >= 4 is 21.5 Å². The van der Waals surface area contributed by atoms with Crippen LogP contribution in [0.4, 0.5) is 0 Å². The molecule has 9 rings (SSSR count). The molecule has 6 aromatic carbocycles. The average Bonchev–Trinajstić information content (AvgIpc) is 3.31. The molecule has 3 aromatic heterocycles. The number of benzene rings is 6. The average molecular weight is 786 g/mol. The molecule has 9 aromatic rings. The van der Waals surface area contributed by atoms with Crippen LogP contribution >= 0.6 is 0 Å². The molecule has 0 spiro atoms. The minimum atomic E-state index is 0.654. The molecule has 0 aliphatic rings. The predicted octanol–water partition coefficient (Wildman–Crippen LogP) is 12.1. The van der Waals surface area contributed by atoms with Gasteiger partial charge in [-0.1, -0.05) is 72.8 Å². The fourth-order valence-electron chi connectivity index (χ4n) is 8.12. The van der Waals surface area contributed by atoms with E-state index in [0.717, 1.165) is 78.8 Å². The Kier molecular flexibility index (Phi) is 10.6. The molecule has 294 valence electrons. The summed E-state index contributed by atoms with van der Waals surface area (Å²) < 4.78 is 22.8. The summed E-state index contributed by atoms with van der Waals surface area (Å²) in [6, 6.07) is 52.7. The number of rotatable bonds is 12. The van der Waals surface area contributed by atoms with Gasteiger partial charge in [0.05, 0.1) is 51.2 Å². The summed E-state index contributed by atoms with van der Waals surface area (Å²) >= 11 is 0. The molecule has 0 aliphatic heterocycles. The summed E-state index contributed by atoms with van der Waals surface area (Å²) in [4.78, 5) is 14.3. The second-order valence-electron chi connectivity index (χ2n) is 14.7. The first-order chi connectivity index (χ1) is 29.5. The van der Waals surface area contributed by atoms with Crippen LogP contribution in [-0.2, 0) is 12.8 Å². The molecule has 0 bridgehead atoms. The van der Waals surface area contributed by atoms with Crippen molar-refractivity contribution in [2.75, 3.05) is 28.4 Å². The van der Waals surface area contributed by atoms with Crippen molar-refractivity contribution in [1.82, 2.24) is 15.0 Å². The van der Waals surface area contributed by atoms with E-state index in [1.54, 1.807) is 40.8 Å². The van der Waals surface area contributed by atoms with E-state index in [-0.39, 0.29) is 0 Å². The molecule has 0 saturated heterocycles. The Hall–Kier alpha value is -7.51. The highest BCUT2D eigenvalue weighted by molar-refractivity contribution is 6.08.